The van der Waals surface area contributed by atoms with E-state index in [0.717, 1.165) is 0 Å². The van der Waals surface area contributed by atoms with E-state index in [1.54, 1.807) is 16.7 Å². The smallest absolute Gasteiger partial charge is 0.207 e. The van der Waals surface area contributed by atoms with Gasteiger partial charge in [-0.3, -0.25) is 4.57 Å². The van der Waals surface area contributed by atoms with Gasteiger partial charge in [0.15, 0.2) is 5.65 Å². The summed E-state index contributed by atoms with van der Waals surface area (Å²) in [6.45, 7) is 0. The summed E-state index contributed by atoms with van der Waals surface area (Å²) in [6, 6.07) is 5.81. The lowest BCUT2D eigenvalue weighted by Gasteiger charge is -2.11. The molecule has 102 valence electrons. The number of aromatic nitrogens is 3. The van der Waals surface area contributed by atoms with Crippen LogP contribution in [0.15, 0.2) is 30.5 Å². The van der Waals surface area contributed by atoms with Gasteiger partial charge in [-0.15, -0.1) is 0 Å². The molecule has 0 saturated carbocycles. The van der Waals surface area contributed by atoms with Gasteiger partial charge in [-0.25, -0.2) is 14.4 Å². The predicted octanol–water partition coefficient (Wildman–Crippen LogP) is 2.80. The van der Waals surface area contributed by atoms with Crippen LogP contribution in [0.2, 0.25) is 5.02 Å². The quantitative estimate of drug-likeness (QED) is 0.789. The monoisotopic (exact) mass is 292 g/mol. The van der Waals surface area contributed by atoms with Crippen molar-refractivity contribution in [2.24, 2.45) is 0 Å². The summed E-state index contributed by atoms with van der Waals surface area (Å²) in [7, 11) is 1.46. The van der Waals surface area contributed by atoms with Crippen molar-refractivity contribution in [3.05, 3.63) is 41.3 Å². The highest BCUT2D eigenvalue weighted by Gasteiger charge is 2.15. The minimum absolute atomic E-state index is 0.222. The Hall–Kier alpha value is -2.34. The highest BCUT2D eigenvalue weighted by atomic mass is 35.5. The largest absolute Gasteiger partial charge is 0.494 e. The Labute approximate surface area is 118 Å². The number of imidazole rings is 1. The van der Waals surface area contributed by atoms with Crippen LogP contribution in [0.5, 0.6) is 5.75 Å². The van der Waals surface area contributed by atoms with E-state index in [4.69, 9.17) is 22.1 Å². The number of nitrogen functional groups attached to an aromatic ring is 1. The lowest BCUT2D eigenvalue weighted by molar-refractivity contribution is 0.409. The van der Waals surface area contributed by atoms with E-state index in [1.807, 2.05) is 0 Å². The van der Waals surface area contributed by atoms with Gasteiger partial charge >= 0.3 is 0 Å². The molecule has 0 radical (unpaired) electrons. The van der Waals surface area contributed by atoms with E-state index in [2.05, 4.69) is 9.97 Å². The zero-order chi connectivity index (χ0) is 14.3. The maximum Gasteiger partial charge on any atom is 0.207 e. The maximum atomic E-state index is 13.3. The van der Waals surface area contributed by atoms with Gasteiger partial charge in [0.2, 0.25) is 5.95 Å². The number of anilines is 1. The lowest BCUT2D eigenvalue weighted by Crippen LogP contribution is -2.03. The third-order valence-electron chi connectivity index (χ3n) is 2.87. The number of methoxy groups -OCH3 is 1. The van der Waals surface area contributed by atoms with Crippen molar-refractivity contribution in [1.29, 1.82) is 0 Å². The number of benzene rings is 1. The van der Waals surface area contributed by atoms with E-state index in [0.29, 0.717) is 27.6 Å². The molecule has 5 nitrogen and oxygen atoms in total. The van der Waals surface area contributed by atoms with Crippen LogP contribution < -0.4 is 10.5 Å². The first kappa shape index (κ1) is 12.7. The van der Waals surface area contributed by atoms with Crippen LogP contribution in [0.3, 0.4) is 0 Å². The van der Waals surface area contributed by atoms with Gasteiger partial charge in [-0.2, -0.15) is 0 Å². The lowest BCUT2D eigenvalue weighted by atomic mass is 10.2. The molecule has 0 atom stereocenters. The summed E-state index contributed by atoms with van der Waals surface area (Å²) in [5, 5.41) is 0.466. The number of hydrogen-bond acceptors (Lipinski definition) is 4. The van der Waals surface area contributed by atoms with Crippen LogP contribution in [0.1, 0.15) is 0 Å². The highest BCUT2D eigenvalue weighted by molar-refractivity contribution is 6.31. The van der Waals surface area contributed by atoms with E-state index < -0.39 is 5.82 Å². The Morgan fingerprint density at radius 2 is 2.15 bits per heavy atom. The second-order valence-electron chi connectivity index (χ2n) is 4.12. The molecule has 2 aromatic heterocycles. The van der Waals surface area contributed by atoms with Crippen molar-refractivity contribution in [2.45, 2.75) is 0 Å². The molecule has 0 spiro atoms. The van der Waals surface area contributed by atoms with Gasteiger partial charge in [0.05, 0.1) is 17.8 Å². The van der Waals surface area contributed by atoms with Crippen molar-refractivity contribution >= 4 is 28.7 Å². The van der Waals surface area contributed by atoms with E-state index >= 15 is 0 Å². The maximum absolute atomic E-state index is 13.3. The number of nitrogens with two attached hydrogens (primary N) is 1. The minimum Gasteiger partial charge on any atom is -0.494 e. The highest BCUT2D eigenvalue weighted by Crippen LogP contribution is 2.29. The third kappa shape index (κ3) is 1.94. The van der Waals surface area contributed by atoms with E-state index in [1.165, 1.54) is 25.4 Å². The second-order valence-corrected chi connectivity index (χ2v) is 4.55. The zero-order valence-electron chi connectivity index (χ0n) is 10.5. The van der Waals surface area contributed by atoms with Crippen LogP contribution in [0.4, 0.5) is 10.3 Å². The minimum atomic E-state index is -0.399. The normalized spacial score (nSPS) is 10.9. The fraction of sp³-hybridized carbons (Fsp3) is 0.0769. The number of halogens is 2. The van der Waals surface area contributed by atoms with Crippen molar-refractivity contribution < 1.29 is 9.13 Å². The topological polar surface area (TPSA) is 66.0 Å². The molecule has 3 rings (SSSR count). The van der Waals surface area contributed by atoms with E-state index in [-0.39, 0.29) is 5.95 Å². The van der Waals surface area contributed by atoms with E-state index in [9.17, 15) is 4.39 Å². The van der Waals surface area contributed by atoms with Crippen LogP contribution in [-0.2, 0) is 0 Å². The summed E-state index contributed by atoms with van der Waals surface area (Å²) in [5.41, 5.74) is 7.56. The first-order chi connectivity index (χ1) is 9.60. The van der Waals surface area contributed by atoms with Crippen LogP contribution >= 0.6 is 11.6 Å². The summed E-state index contributed by atoms with van der Waals surface area (Å²) in [5.74, 6) is 0.164. The number of hydrogen-bond donors (Lipinski definition) is 1. The molecule has 0 saturated heterocycles. The molecule has 2 heterocycles. The molecule has 0 fully saturated rings. The Bertz CT molecular complexity index is 802. The van der Waals surface area contributed by atoms with Gasteiger partial charge < -0.3 is 10.5 Å². The summed E-state index contributed by atoms with van der Waals surface area (Å²) >= 11 is 5.88. The molecule has 7 heteroatoms. The van der Waals surface area contributed by atoms with Crippen LogP contribution in [0.25, 0.3) is 16.9 Å². The molecule has 0 aliphatic carbocycles. The Morgan fingerprint density at radius 3 is 2.90 bits per heavy atom. The zero-order valence-corrected chi connectivity index (χ0v) is 11.2. The number of nitrogens with zero attached hydrogens (tertiary/aromatic N) is 3. The number of rotatable bonds is 2. The molecular weight excluding hydrogens is 283 g/mol. The summed E-state index contributed by atoms with van der Waals surface area (Å²) in [4.78, 5) is 8.41. The average Bonchev–Trinajstić information content (AvgIpc) is 2.73. The molecule has 1 aromatic carbocycles. The number of ether oxygens (including phenoxy) is 1. The van der Waals surface area contributed by atoms with Crippen LogP contribution in [0, 0.1) is 5.82 Å². The van der Waals surface area contributed by atoms with Gasteiger partial charge in [0, 0.05) is 12.3 Å². The van der Waals surface area contributed by atoms with Gasteiger partial charge in [0.25, 0.3) is 0 Å². The van der Waals surface area contributed by atoms with Gasteiger partial charge in [0.1, 0.15) is 17.1 Å². The average molecular weight is 293 g/mol. The molecular formula is C13H10ClFN4O. The first-order valence-electron chi connectivity index (χ1n) is 5.73. The Morgan fingerprint density at radius 1 is 1.35 bits per heavy atom. The van der Waals surface area contributed by atoms with Crippen molar-refractivity contribution in [3.8, 4) is 11.4 Å². The van der Waals surface area contributed by atoms with Gasteiger partial charge in [-0.05, 0) is 18.2 Å². The number of pyridine rings is 1. The fourth-order valence-corrected chi connectivity index (χ4v) is 2.18. The number of fused-ring (bicyclic) bond motifs is 1. The first-order valence-corrected chi connectivity index (χ1v) is 6.11. The third-order valence-corrected chi connectivity index (χ3v) is 3.08. The predicted molar refractivity (Wildman–Crippen MR) is 74.8 cm³/mol. The molecule has 0 amide bonds. The molecule has 0 aliphatic heterocycles. The molecule has 0 bridgehead atoms. The molecule has 0 aliphatic rings. The standard InChI is InChI=1S/C13H10ClFN4O/c1-20-11-5-8(15)2-3-10(11)19-12-9(18-13(19)16)4-7(14)6-17-12/h2-6H,1H3,(H2,16,18). The Balaban J connectivity index is 2.32. The van der Waals surface area contributed by atoms with Crippen molar-refractivity contribution in [2.75, 3.05) is 12.8 Å². The molecule has 2 N–H and O–H groups in total. The summed E-state index contributed by atoms with van der Waals surface area (Å²) in [6.07, 6.45) is 1.50. The van der Waals surface area contributed by atoms with Gasteiger partial charge in [-0.1, -0.05) is 11.6 Å². The SMILES string of the molecule is COc1cc(F)ccc1-n1c(N)nc2cc(Cl)cnc21. The molecule has 3 aromatic rings. The van der Waals surface area contributed by atoms with Crippen LogP contribution in [-0.4, -0.2) is 21.6 Å². The second kappa shape index (κ2) is 4.64. The fourth-order valence-electron chi connectivity index (χ4n) is 2.03. The Kier molecular flexibility index (Phi) is 2.94. The van der Waals surface area contributed by atoms with Crippen molar-refractivity contribution in [1.82, 2.24) is 14.5 Å². The molecule has 0 unspecified atom stereocenters. The summed E-state index contributed by atoms with van der Waals surface area (Å²) < 4.78 is 20.0. The molecule has 20 heavy (non-hydrogen) atoms. The van der Waals surface area contributed by atoms with Crippen molar-refractivity contribution in [3.63, 3.8) is 0 Å².